The predicted molar refractivity (Wildman–Crippen MR) is 94.4 cm³/mol. The molecule has 3 aromatic rings. The fourth-order valence-electron chi connectivity index (χ4n) is 2.31. The standard InChI is InChI=1S/C18H17BrN2O2/c1-2-3-10-23-18(22)12-8-9-13(14(19)11-12)17-20-15-6-4-5-7-16(15)21-17/h4-9,11H,2-3,10H2,1H3,(H,20,21). The van der Waals surface area contributed by atoms with Crippen LogP contribution < -0.4 is 0 Å². The van der Waals surface area contributed by atoms with Crippen molar-refractivity contribution in [1.29, 1.82) is 0 Å². The minimum Gasteiger partial charge on any atom is -0.462 e. The molecule has 1 aromatic heterocycles. The summed E-state index contributed by atoms with van der Waals surface area (Å²) in [5.41, 5.74) is 3.34. The number of imidazole rings is 1. The minimum absolute atomic E-state index is 0.296. The molecular formula is C18H17BrN2O2. The number of hydrogen-bond donors (Lipinski definition) is 1. The van der Waals surface area contributed by atoms with E-state index in [1.165, 1.54) is 0 Å². The van der Waals surface area contributed by atoms with Crippen LogP contribution in [0, 0.1) is 0 Å². The number of nitrogens with one attached hydrogen (secondary N) is 1. The first-order chi connectivity index (χ1) is 11.2. The summed E-state index contributed by atoms with van der Waals surface area (Å²) in [4.78, 5) is 19.9. The molecule has 1 heterocycles. The quantitative estimate of drug-likeness (QED) is 0.509. The van der Waals surface area contributed by atoms with Crippen molar-refractivity contribution in [1.82, 2.24) is 9.97 Å². The van der Waals surface area contributed by atoms with Gasteiger partial charge in [-0.1, -0.05) is 41.4 Å². The number of hydrogen-bond acceptors (Lipinski definition) is 3. The third-order valence-electron chi connectivity index (χ3n) is 3.58. The van der Waals surface area contributed by atoms with Crippen LogP contribution in [0.2, 0.25) is 0 Å². The van der Waals surface area contributed by atoms with Gasteiger partial charge in [0.2, 0.25) is 0 Å². The summed E-state index contributed by atoms with van der Waals surface area (Å²) < 4.78 is 6.04. The number of carbonyl (C=O) groups is 1. The van der Waals surface area contributed by atoms with Crippen LogP contribution in [-0.4, -0.2) is 22.5 Å². The summed E-state index contributed by atoms with van der Waals surface area (Å²) in [5, 5.41) is 0. The van der Waals surface area contributed by atoms with Gasteiger partial charge >= 0.3 is 5.97 Å². The van der Waals surface area contributed by atoms with Gasteiger partial charge in [0, 0.05) is 10.0 Å². The molecule has 0 atom stereocenters. The van der Waals surface area contributed by atoms with E-state index in [0.29, 0.717) is 12.2 Å². The number of unbranched alkanes of at least 4 members (excludes halogenated alkanes) is 1. The molecule has 1 N–H and O–H groups in total. The molecule has 0 spiro atoms. The highest BCUT2D eigenvalue weighted by atomic mass is 79.9. The van der Waals surface area contributed by atoms with Gasteiger partial charge in [-0.2, -0.15) is 0 Å². The Morgan fingerprint density at radius 1 is 1.26 bits per heavy atom. The van der Waals surface area contributed by atoms with Gasteiger partial charge in [0.05, 0.1) is 23.2 Å². The highest BCUT2D eigenvalue weighted by Gasteiger charge is 2.13. The van der Waals surface area contributed by atoms with E-state index >= 15 is 0 Å². The Morgan fingerprint density at radius 2 is 2.09 bits per heavy atom. The molecule has 0 saturated carbocycles. The number of esters is 1. The van der Waals surface area contributed by atoms with Crippen LogP contribution >= 0.6 is 15.9 Å². The maximum Gasteiger partial charge on any atom is 0.338 e. The van der Waals surface area contributed by atoms with Gasteiger partial charge in [-0.25, -0.2) is 9.78 Å². The molecule has 0 saturated heterocycles. The molecule has 118 valence electrons. The van der Waals surface area contributed by atoms with Crippen LogP contribution in [0.1, 0.15) is 30.1 Å². The summed E-state index contributed by atoms with van der Waals surface area (Å²) in [7, 11) is 0. The molecule has 2 aromatic carbocycles. The molecule has 4 nitrogen and oxygen atoms in total. The van der Waals surface area contributed by atoms with Gasteiger partial charge in [-0.05, 0) is 36.8 Å². The summed E-state index contributed by atoms with van der Waals surface area (Å²) in [6.07, 6.45) is 1.88. The lowest BCUT2D eigenvalue weighted by Gasteiger charge is -2.06. The summed E-state index contributed by atoms with van der Waals surface area (Å²) in [6.45, 7) is 2.52. The molecule has 5 heteroatoms. The second-order valence-corrected chi connectivity index (χ2v) is 6.14. The minimum atomic E-state index is -0.296. The lowest BCUT2D eigenvalue weighted by Crippen LogP contribution is -2.06. The number of H-pyrrole nitrogens is 1. The second-order valence-electron chi connectivity index (χ2n) is 5.29. The molecule has 0 aliphatic rings. The fourth-order valence-corrected chi connectivity index (χ4v) is 2.87. The van der Waals surface area contributed by atoms with E-state index < -0.39 is 0 Å². The average Bonchev–Trinajstić information content (AvgIpc) is 2.98. The molecule has 0 bridgehead atoms. The van der Waals surface area contributed by atoms with Crippen molar-refractivity contribution in [3.05, 3.63) is 52.5 Å². The van der Waals surface area contributed by atoms with Gasteiger partial charge in [-0.3, -0.25) is 0 Å². The number of benzene rings is 2. The number of aromatic amines is 1. The third kappa shape index (κ3) is 3.45. The number of ether oxygens (including phenoxy) is 1. The highest BCUT2D eigenvalue weighted by Crippen LogP contribution is 2.29. The van der Waals surface area contributed by atoms with Crippen LogP contribution in [0.15, 0.2) is 46.9 Å². The van der Waals surface area contributed by atoms with Crippen molar-refractivity contribution in [2.75, 3.05) is 6.61 Å². The summed E-state index contributed by atoms with van der Waals surface area (Å²) >= 11 is 3.52. The number of carbonyl (C=O) groups excluding carboxylic acids is 1. The predicted octanol–water partition coefficient (Wildman–Crippen LogP) is 4.95. The maximum absolute atomic E-state index is 12.0. The van der Waals surface area contributed by atoms with Crippen molar-refractivity contribution in [3.8, 4) is 11.4 Å². The summed E-state index contributed by atoms with van der Waals surface area (Å²) in [6, 6.07) is 13.3. The molecule has 0 aliphatic heterocycles. The zero-order chi connectivity index (χ0) is 16.2. The average molecular weight is 373 g/mol. The first-order valence-corrected chi connectivity index (χ1v) is 8.40. The van der Waals surface area contributed by atoms with E-state index in [2.05, 4.69) is 32.8 Å². The molecule has 0 amide bonds. The lowest BCUT2D eigenvalue weighted by atomic mass is 10.1. The first-order valence-electron chi connectivity index (χ1n) is 7.61. The highest BCUT2D eigenvalue weighted by molar-refractivity contribution is 9.10. The van der Waals surface area contributed by atoms with E-state index in [-0.39, 0.29) is 5.97 Å². The molecule has 3 rings (SSSR count). The van der Waals surface area contributed by atoms with E-state index in [4.69, 9.17) is 4.74 Å². The number of aromatic nitrogens is 2. The Labute approximate surface area is 143 Å². The van der Waals surface area contributed by atoms with Gasteiger partial charge < -0.3 is 9.72 Å². The van der Waals surface area contributed by atoms with E-state index in [1.807, 2.05) is 30.3 Å². The number of para-hydroxylation sites is 2. The van der Waals surface area contributed by atoms with Crippen LogP contribution in [0.25, 0.3) is 22.4 Å². The Hall–Kier alpha value is -2.14. The zero-order valence-electron chi connectivity index (χ0n) is 12.8. The SMILES string of the molecule is CCCCOC(=O)c1ccc(-c2nc3ccccc3[nH]2)c(Br)c1. The number of halogens is 1. The largest absolute Gasteiger partial charge is 0.462 e. The van der Waals surface area contributed by atoms with Gasteiger partial charge in [0.1, 0.15) is 5.82 Å². The monoisotopic (exact) mass is 372 g/mol. The smallest absolute Gasteiger partial charge is 0.338 e. The Kier molecular flexibility index (Phi) is 4.76. The molecule has 0 fully saturated rings. The Balaban J connectivity index is 1.85. The zero-order valence-corrected chi connectivity index (χ0v) is 14.4. The number of nitrogens with zero attached hydrogens (tertiary/aromatic N) is 1. The topological polar surface area (TPSA) is 55.0 Å². The van der Waals surface area contributed by atoms with E-state index in [1.54, 1.807) is 12.1 Å². The Morgan fingerprint density at radius 3 is 2.83 bits per heavy atom. The van der Waals surface area contributed by atoms with Crippen LogP contribution in [0.3, 0.4) is 0 Å². The number of rotatable bonds is 5. The molecule has 23 heavy (non-hydrogen) atoms. The molecule has 0 radical (unpaired) electrons. The second kappa shape index (κ2) is 6.96. The third-order valence-corrected chi connectivity index (χ3v) is 4.24. The van der Waals surface area contributed by atoms with E-state index in [0.717, 1.165) is 39.7 Å². The number of fused-ring (bicyclic) bond motifs is 1. The van der Waals surface area contributed by atoms with Gasteiger partial charge in [-0.15, -0.1) is 0 Å². The normalized spacial score (nSPS) is 10.9. The first kappa shape index (κ1) is 15.7. The maximum atomic E-state index is 12.0. The van der Waals surface area contributed by atoms with Crippen molar-refractivity contribution in [2.24, 2.45) is 0 Å². The van der Waals surface area contributed by atoms with Gasteiger partial charge in [0.25, 0.3) is 0 Å². The van der Waals surface area contributed by atoms with Crippen LogP contribution in [0.5, 0.6) is 0 Å². The molecular weight excluding hydrogens is 356 g/mol. The Bertz CT molecular complexity index is 809. The van der Waals surface area contributed by atoms with E-state index in [9.17, 15) is 4.79 Å². The van der Waals surface area contributed by atoms with Crippen molar-refractivity contribution >= 4 is 32.9 Å². The van der Waals surface area contributed by atoms with Crippen LogP contribution in [-0.2, 0) is 4.74 Å². The van der Waals surface area contributed by atoms with Crippen molar-refractivity contribution in [2.45, 2.75) is 19.8 Å². The van der Waals surface area contributed by atoms with Crippen molar-refractivity contribution in [3.63, 3.8) is 0 Å². The summed E-state index contributed by atoms with van der Waals surface area (Å²) in [5.74, 6) is 0.472. The lowest BCUT2D eigenvalue weighted by molar-refractivity contribution is 0.0499. The molecule has 0 unspecified atom stereocenters. The van der Waals surface area contributed by atoms with Gasteiger partial charge in [0.15, 0.2) is 0 Å². The van der Waals surface area contributed by atoms with Crippen molar-refractivity contribution < 1.29 is 9.53 Å². The molecule has 0 aliphatic carbocycles. The fraction of sp³-hybridized carbons (Fsp3) is 0.222. The van der Waals surface area contributed by atoms with Crippen LogP contribution in [0.4, 0.5) is 0 Å².